The summed E-state index contributed by atoms with van der Waals surface area (Å²) in [5.41, 5.74) is -2.58. The molecule has 38 heavy (non-hydrogen) atoms. The molecule has 2 unspecified atom stereocenters. The van der Waals surface area contributed by atoms with Gasteiger partial charge in [0.2, 0.25) is 11.8 Å². The molecule has 3 aliphatic rings. The fourth-order valence-electron chi connectivity index (χ4n) is 6.80. The zero-order valence-corrected chi connectivity index (χ0v) is 24.2. The van der Waals surface area contributed by atoms with E-state index >= 15 is 0 Å². The molecule has 7 atom stereocenters. The van der Waals surface area contributed by atoms with Crippen LogP contribution in [0.15, 0.2) is 25.3 Å². The molecule has 3 aliphatic heterocycles. The predicted octanol–water partition coefficient (Wildman–Crippen LogP) is 3.87. The van der Waals surface area contributed by atoms with Crippen molar-refractivity contribution < 1.29 is 29.0 Å². The summed E-state index contributed by atoms with van der Waals surface area (Å²) in [7, 11) is 0. The maximum Gasteiger partial charge on any atom is 0.312 e. The first kappa shape index (κ1) is 30.4. The molecule has 2 bridgehead atoms. The quantitative estimate of drug-likeness (QED) is 0.220. The molecule has 3 heterocycles. The summed E-state index contributed by atoms with van der Waals surface area (Å²) in [5.74, 6) is -2.67. The minimum absolute atomic E-state index is 0.0555. The lowest BCUT2D eigenvalue weighted by Gasteiger charge is -2.44. The number of likely N-dealkylation sites (tertiary alicyclic amines) is 1. The second-order valence-electron chi connectivity index (χ2n) is 12.5. The Balaban J connectivity index is 2.07. The highest BCUT2D eigenvalue weighted by Gasteiger charge is 2.79. The number of allylic oxidation sites excluding steroid dienone is 1. The van der Waals surface area contributed by atoms with Gasteiger partial charge in [-0.2, -0.15) is 0 Å². The Morgan fingerprint density at radius 1 is 1.26 bits per heavy atom. The molecule has 0 aromatic carbocycles. The van der Waals surface area contributed by atoms with E-state index < -0.39 is 46.6 Å². The van der Waals surface area contributed by atoms with Crippen LogP contribution < -0.4 is 0 Å². The molecule has 0 saturated carbocycles. The summed E-state index contributed by atoms with van der Waals surface area (Å²) in [5, 5.41) is 10.5. The molecule has 214 valence electrons. The van der Waals surface area contributed by atoms with E-state index in [1.54, 1.807) is 15.9 Å². The Kier molecular flexibility index (Phi) is 9.19. The number of fused-ring (bicyclic) bond motifs is 1. The third-order valence-electron chi connectivity index (χ3n) is 8.98. The zero-order chi connectivity index (χ0) is 28.5. The Labute approximate surface area is 228 Å². The monoisotopic (exact) mass is 532 g/mol. The van der Waals surface area contributed by atoms with Crippen molar-refractivity contribution in [2.75, 3.05) is 19.8 Å². The largest absolute Gasteiger partial charge is 0.465 e. The molecule has 3 saturated heterocycles. The smallest absolute Gasteiger partial charge is 0.312 e. The summed E-state index contributed by atoms with van der Waals surface area (Å²) in [4.78, 5) is 45.6. The van der Waals surface area contributed by atoms with Gasteiger partial charge < -0.3 is 24.4 Å². The number of nitrogens with zero attached hydrogens (tertiary/aromatic N) is 2. The van der Waals surface area contributed by atoms with E-state index in [0.717, 1.165) is 19.3 Å². The van der Waals surface area contributed by atoms with Crippen LogP contribution in [-0.4, -0.2) is 81.3 Å². The van der Waals surface area contributed by atoms with Gasteiger partial charge in [-0.15, -0.1) is 13.2 Å². The van der Waals surface area contributed by atoms with Crippen molar-refractivity contribution in [2.45, 2.75) is 109 Å². The van der Waals surface area contributed by atoms with E-state index in [2.05, 4.69) is 13.2 Å². The molecule has 2 amide bonds. The standard InChI is InChI=1S/C30H48N2O6/c1-9-12-13-14-18-37-27(36)23-22-25(34)32(21(19-33)20(4)11-3)24(30(22)16-15-29(23,8)38-30)26(35)31(17-10-2)28(5,6)7/h9-10,20-24,33H,1-2,11-19H2,3-8H3/t20-,21-,22-,23-,24?,29+,30?/m0/s1. The molecule has 8 heteroatoms. The zero-order valence-electron chi connectivity index (χ0n) is 24.2. The SMILES string of the molecule is C=CCCCCOC(=O)[C@@H]1[C@H]2C(=O)N([C@@H](CO)[C@@H](C)CC)C(C(=O)N(CC=C)C(C)(C)C)C23CC[C@@]1(C)O3. The topological polar surface area (TPSA) is 96.4 Å². The Morgan fingerprint density at radius 2 is 1.95 bits per heavy atom. The number of ether oxygens (including phenoxy) is 2. The van der Waals surface area contributed by atoms with Crippen LogP contribution in [-0.2, 0) is 23.9 Å². The van der Waals surface area contributed by atoms with Crippen LogP contribution in [0.3, 0.4) is 0 Å². The van der Waals surface area contributed by atoms with Crippen LogP contribution in [0.25, 0.3) is 0 Å². The van der Waals surface area contributed by atoms with Gasteiger partial charge in [-0.25, -0.2) is 0 Å². The summed E-state index contributed by atoms with van der Waals surface area (Å²) in [6, 6.07) is -1.52. The second-order valence-corrected chi connectivity index (χ2v) is 12.5. The third kappa shape index (κ3) is 5.06. The van der Waals surface area contributed by atoms with Gasteiger partial charge in [0.15, 0.2) is 0 Å². The summed E-state index contributed by atoms with van der Waals surface area (Å²) < 4.78 is 12.4. The van der Waals surface area contributed by atoms with Gasteiger partial charge in [0.05, 0.1) is 30.8 Å². The number of carbonyl (C=O) groups excluding carboxylic acids is 3. The normalized spacial score (nSPS) is 31.6. The molecule has 0 aromatic rings. The summed E-state index contributed by atoms with van der Waals surface area (Å²) in [6.07, 6.45) is 7.69. The lowest BCUT2D eigenvalue weighted by molar-refractivity contribution is -0.163. The van der Waals surface area contributed by atoms with Crippen molar-refractivity contribution in [2.24, 2.45) is 17.8 Å². The van der Waals surface area contributed by atoms with Gasteiger partial charge >= 0.3 is 5.97 Å². The van der Waals surface area contributed by atoms with E-state index in [1.165, 1.54) is 0 Å². The van der Waals surface area contributed by atoms with E-state index in [4.69, 9.17) is 9.47 Å². The fourth-order valence-corrected chi connectivity index (χ4v) is 6.80. The predicted molar refractivity (Wildman–Crippen MR) is 146 cm³/mol. The molecule has 0 radical (unpaired) electrons. The highest BCUT2D eigenvalue weighted by molar-refractivity contribution is 5.99. The Hall–Kier alpha value is -2.19. The fraction of sp³-hybridized carbons (Fsp3) is 0.767. The van der Waals surface area contributed by atoms with E-state index in [0.29, 0.717) is 25.8 Å². The van der Waals surface area contributed by atoms with Gasteiger partial charge in [-0.3, -0.25) is 14.4 Å². The van der Waals surface area contributed by atoms with Crippen LogP contribution in [0.2, 0.25) is 0 Å². The number of esters is 1. The van der Waals surface area contributed by atoms with E-state index in [1.807, 2.05) is 47.6 Å². The van der Waals surface area contributed by atoms with Gasteiger partial charge in [0, 0.05) is 12.1 Å². The first-order chi connectivity index (χ1) is 17.8. The number of hydrogen-bond donors (Lipinski definition) is 1. The van der Waals surface area contributed by atoms with Crippen LogP contribution >= 0.6 is 0 Å². The molecule has 3 fully saturated rings. The van der Waals surface area contributed by atoms with Crippen molar-refractivity contribution in [3.8, 4) is 0 Å². The molecule has 1 spiro atoms. The summed E-state index contributed by atoms with van der Waals surface area (Å²) in [6.45, 7) is 19.5. The van der Waals surface area contributed by atoms with Crippen LogP contribution in [0.4, 0.5) is 0 Å². The maximum absolute atomic E-state index is 14.4. The van der Waals surface area contributed by atoms with Gasteiger partial charge in [0.1, 0.15) is 17.6 Å². The summed E-state index contributed by atoms with van der Waals surface area (Å²) >= 11 is 0. The lowest BCUT2D eigenvalue weighted by atomic mass is 9.66. The Bertz CT molecular complexity index is 928. The highest BCUT2D eigenvalue weighted by atomic mass is 16.6. The Morgan fingerprint density at radius 3 is 2.50 bits per heavy atom. The average molecular weight is 533 g/mol. The number of aliphatic hydroxyl groups is 1. The number of carbonyl (C=O) groups is 3. The number of rotatable bonds is 13. The molecular weight excluding hydrogens is 484 g/mol. The van der Waals surface area contributed by atoms with Gasteiger partial charge in [-0.1, -0.05) is 32.4 Å². The minimum atomic E-state index is -1.15. The van der Waals surface area contributed by atoms with Gasteiger partial charge in [-0.05, 0) is 65.7 Å². The third-order valence-corrected chi connectivity index (χ3v) is 8.98. The second kappa shape index (κ2) is 11.5. The van der Waals surface area contributed by atoms with Crippen LogP contribution in [0, 0.1) is 17.8 Å². The number of hydrogen-bond acceptors (Lipinski definition) is 6. The van der Waals surface area contributed by atoms with Gasteiger partial charge in [0.25, 0.3) is 0 Å². The number of amides is 2. The van der Waals surface area contributed by atoms with Crippen LogP contribution in [0.5, 0.6) is 0 Å². The highest BCUT2D eigenvalue weighted by Crippen LogP contribution is 2.64. The lowest BCUT2D eigenvalue weighted by Crippen LogP contribution is -2.62. The maximum atomic E-state index is 14.4. The van der Waals surface area contributed by atoms with Crippen LogP contribution in [0.1, 0.15) is 80.1 Å². The number of aliphatic hydroxyl groups excluding tert-OH is 1. The molecule has 1 N–H and O–H groups in total. The molecular formula is C30H48N2O6. The average Bonchev–Trinajstić information content (AvgIpc) is 3.42. The minimum Gasteiger partial charge on any atom is -0.465 e. The number of unbranched alkanes of at least 4 members (excludes halogenated alkanes) is 2. The van der Waals surface area contributed by atoms with E-state index in [-0.39, 0.29) is 30.9 Å². The van der Waals surface area contributed by atoms with Crippen molar-refractivity contribution in [3.63, 3.8) is 0 Å². The van der Waals surface area contributed by atoms with Crippen molar-refractivity contribution >= 4 is 17.8 Å². The molecule has 3 rings (SSSR count). The molecule has 8 nitrogen and oxygen atoms in total. The first-order valence-corrected chi connectivity index (χ1v) is 14.2. The van der Waals surface area contributed by atoms with Crippen molar-refractivity contribution in [3.05, 3.63) is 25.3 Å². The first-order valence-electron chi connectivity index (χ1n) is 14.2. The van der Waals surface area contributed by atoms with Crippen molar-refractivity contribution in [1.82, 2.24) is 9.80 Å². The molecule has 0 aromatic heterocycles. The molecule has 0 aliphatic carbocycles. The van der Waals surface area contributed by atoms with E-state index in [9.17, 15) is 19.5 Å². The van der Waals surface area contributed by atoms with Crippen molar-refractivity contribution in [1.29, 1.82) is 0 Å².